The van der Waals surface area contributed by atoms with E-state index in [1.807, 2.05) is 30.3 Å². The smallest absolute Gasteiger partial charge is 0.322 e. The Kier molecular flexibility index (Phi) is 6.82. The van der Waals surface area contributed by atoms with Gasteiger partial charge < -0.3 is 34.1 Å². The third-order valence-corrected chi connectivity index (χ3v) is 6.23. The average Bonchev–Trinajstić information content (AvgIpc) is 3.55. The van der Waals surface area contributed by atoms with Crippen molar-refractivity contribution in [1.29, 1.82) is 0 Å². The second-order valence-corrected chi connectivity index (χ2v) is 8.65. The number of anilines is 1. The van der Waals surface area contributed by atoms with E-state index in [2.05, 4.69) is 5.32 Å². The van der Waals surface area contributed by atoms with Crippen molar-refractivity contribution in [3.63, 3.8) is 0 Å². The Balaban J connectivity index is 1.26. The van der Waals surface area contributed by atoms with Gasteiger partial charge in [-0.05, 0) is 43.2 Å². The number of hydrogen-bond acceptors (Lipinski definition) is 6. The highest BCUT2D eigenvalue weighted by Gasteiger charge is 2.31. The Morgan fingerprint density at radius 3 is 2.59 bits per heavy atom. The van der Waals surface area contributed by atoms with Crippen molar-refractivity contribution in [2.75, 3.05) is 51.5 Å². The molecular formula is C25H29N3O6. The maximum absolute atomic E-state index is 13.5. The molecule has 2 atom stereocenters. The number of nitrogens with one attached hydrogen (secondary N) is 1. The van der Waals surface area contributed by atoms with Gasteiger partial charge in [-0.15, -0.1) is 0 Å². The predicted molar refractivity (Wildman–Crippen MR) is 124 cm³/mol. The second-order valence-electron chi connectivity index (χ2n) is 8.65. The molecular weight excluding hydrogens is 438 g/mol. The zero-order chi connectivity index (χ0) is 23.3. The first-order valence-electron chi connectivity index (χ1n) is 11.7. The summed E-state index contributed by atoms with van der Waals surface area (Å²) in [7, 11) is 0. The van der Waals surface area contributed by atoms with Crippen molar-refractivity contribution in [2.45, 2.75) is 25.0 Å². The summed E-state index contributed by atoms with van der Waals surface area (Å²) in [6.07, 6.45) is 1.61. The molecule has 3 aliphatic rings. The van der Waals surface area contributed by atoms with Crippen molar-refractivity contribution in [2.24, 2.45) is 0 Å². The van der Waals surface area contributed by atoms with E-state index in [9.17, 15) is 9.59 Å². The van der Waals surface area contributed by atoms with E-state index < -0.39 is 0 Å². The molecule has 0 aliphatic carbocycles. The average molecular weight is 468 g/mol. The molecule has 2 aromatic rings. The minimum atomic E-state index is -0.297. The van der Waals surface area contributed by atoms with Crippen LogP contribution in [0.15, 0.2) is 48.5 Å². The number of carbonyl (C=O) groups is 2. The summed E-state index contributed by atoms with van der Waals surface area (Å²) in [5.74, 6) is 1.08. The molecule has 9 heteroatoms. The standard InChI is InChI=1S/C25H29N3O6/c29-24(18-8-9-22-23(13-18)34-17-33-22)28(14-20-7-4-11-31-20)16-21-15-27(10-12-32-21)25(30)26-19-5-2-1-3-6-19/h1-3,5-6,8-9,13,20-21H,4,7,10-12,14-17H2,(H,26,30)/t20-,21+/m1/s1. The van der Waals surface area contributed by atoms with Crippen molar-refractivity contribution in [1.82, 2.24) is 9.80 Å². The van der Waals surface area contributed by atoms with E-state index >= 15 is 0 Å². The van der Waals surface area contributed by atoms with Gasteiger partial charge >= 0.3 is 6.03 Å². The lowest BCUT2D eigenvalue weighted by molar-refractivity contribution is -0.0315. The van der Waals surface area contributed by atoms with Crippen LogP contribution in [0.4, 0.5) is 10.5 Å². The summed E-state index contributed by atoms with van der Waals surface area (Å²) in [4.78, 5) is 29.8. The van der Waals surface area contributed by atoms with Crippen LogP contribution in [0.5, 0.6) is 11.5 Å². The number of fused-ring (bicyclic) bond motifs is 1. The van der Waals surface area contributed by atoms with E-state index in [0.717, 1.165) is 18.5 Å². The Bertz CT molecular complexity index is 1010. The van der Waals surface area contributed by atoms with Gasteiger partial charge in [0.1, 0.15) is 0 Å². The molecule has 0 aromatic heterocycles. The molecule has 0 spiro atoms. The number of hydrogen-bond donors (Lipinski definition) is 1. The molecule has 2 aromatic carbocycles. The number of ether oxygens (including phenoxy) is 4. The molecule has 0 radical (unpaired) electrons. The van der Waals surface area contributed by atoms with Gasteiger partial charge in [-0.25, -0.2) is 4.79 Å². The highest BCUT2D eigenvalue weighted by molar-refractivity contribution is 5.95. The lowest BCUT2D eigenvalue weighted by Gasteiger charge is -2.36. The second kappa shape index (κ2) is 10.3. The number of carbonyl (C=O) groups excluding carboxylic acids is 2. The molecule has 3 aliphatic heterocycles. The SMILES string of the molecule is O=C(Nc1ccccc1)N1CCO[C@H](CN(C[C@H]2CCCO2)C(=O)c2ccc3c(c2)OCO3)C1. The van der Waals surface area contributed by atoms with Crippen molar-refractivity contribution in [3.8, 4) is 11.5 Å². The zero-order valence-corrected chi connectivity index (χ0v) is 19.0. The summed E-state index contributed by atoms with van der Waals surface area (Å²) in [5, 5.41) is 2.92. The molecule has 180 valence electrons. The largest absolute Gasteiger partial charge is 0.454 e. The van der Waals surface area contributed by atoms with Crippen molar-refractivity contribution < 1.29 is 28.5 Å². The maximum atomic E-state index is 13.5. The lowest BCUT2D eigenvalue weighted by Crippen LogP contribution is -2.52. The molecule has 1 N–H and O–H groups in total. The van der Waals surface area contributed by atoms with Gasteiger partial charge in [-0.3, -0.25) is 4.79 Å². The Morgan fingerprint density at radius 1 is 0.971 bits per heavy atom. The van der Waals surface area contributed by atoms with E-state index in [4.69, 9.17) is 18.9 Å². The highest BCUT2D eigenvalue weighted by atomic mass is 16.7. The summed E-state index contributed by atoms with van der Waals surface area (Å²) < 4.78 is 22.6. The van der Waals surface area contributed by atoms with Gasteiger partial charge in [0.15, 0.2) is 11.5 Å². The predicted octanol–water partition coefficient (Wildman–Crippen LogP) is 2.97. The van der Waals surface area contributed by atoms with E-state index in [1.54, 1.807) is 28.0 Å². The molecule has 3 heterocycles. The Hall–Kier alpha value is -3.30. The first-order chi connectivity index (χ1) is 16.7. The van der Waals surface area contributed by atoms with Gasteiger partial charge in [0.2, 0.25) is 6.79 Å². The fraction of sp³-hybridized carbons (Fsp3) is 0.440. The first-order valence-corrected chi connectivity index (χ1v) is 11.7. The third-order valence-electron chi connectivity index (χ3n) is 6.23. The van der Waals surface area contributed by atoms with Gasteiger partial charge in [0, 0.05) is 37.5 Å². The van der Waals surface area contributed by atoms with E-state index in [1.165, 1.54) is 0 Å². The number of morpholine rings is 1. The van der Waals surface area contributed by atoms with Crippen LogP contribution in [0.25, 0.3) is 0 Å². The highest BCUT2D eigenvalue weighted by Crippen LogP contribution is 2.33. The summed E-state index contributed by atoms with van der Waals surface area (Å²) in [6, 6.07) is 14.4. The molecule has 9 nitrogen and oxygen atoms in total. The van der Waals surface area contributed by atoms with Crippen LogP contribution in [0.3, 0.4) is 0 Å². The summed E-state index contributed by atoms with van der Waals surface area (Å²) in [6.45, 7) is 3.02. The fourth-order valence-electron chi connectivity index (χ4n) is 4.47. The topological polar surface area (TPSA) is 89.6 Å². The number of amides is 3. The lowest BCUT2D eigenvalue weighted by atomic mass is 10.1. The van der Waals surface area contributed by atoms with Gasteiger partial charge in [0.25, 0.3) is 5.91 Å². The van der Waals surface area contributed by atoms with Crippen LogP contribution < -0.4 is 14.8 Å². The van der Waals surface area contributed by atoms with Gasteiger partial charge in [-0.1, -0.05) is 18.2 Å². The molecule has 5 rings (SSSR count). The molecule has 0 saturated carbocycles. The maximum Gasteiger partial charge on any atom is 0.322 e. The summed E-state index contributed by atoms with van der Waals surface area (Å²) in [5.41, 5.74) is 1.27. The fourth-order valence-corrected chi connectivity index (χ4v) is 4.47. The van der Waals surface area contributed by atoms with Crippen LogP contribution in [-0.4, -0.2) is 80.1 Å². The van der Waals surface area contributed by atoms with Gasteiger partial charge in [0.05, 0.1) is 25.4 Å². The Morgan fingerprint density at radius 2 is 1.76 bits per heavy atom. The minimum absolute atomic E-state index is 0.000895. The van der Waals surface area contributed by atoms with Crippen LogP contribution in [0.2, 0.25) is 0 Å². The van der Waals surface area contributed by atoms with Gasteiger partial charge in [-0.2, -0.15) is 0 Å². The van der Waals surface area contributed by atoms with E-state index in [-0.39, 0.29) is 30.9 Å². The van der Waals surface area contributed by atoms with Crippen molar-refractivity contribution in [3.05, 3.63) is 54.1 Å². The summed E-state index contributed by atoms with van der Waals surface area (Å²) >= 11 is 0. The molecule has 34 heavy (non-hydrogen) atoms. The molecule has 0 unspecified atom stereocenters. The van der Waals surface area contributed by atoms with Crippen molar-refractivity contribution >= 4 is 17.6 Å². The molecule has 2 fully saturated rings. The van der Waals surface area contributed by atoms with Crippen LogP contribution in [0, 0.1) is 0 Å². The number of benzene rings is 2. The van der Waals surface area contributed by atoms with Crippen LogP contribution in [-0.2, 0) is 9.47 Å². The third kappa shape index (κ3) is 5.26. The number of urea groups is 1. The first kappa shape index (κ1) is 22.5. The number of para-hydroxylation sites is 1. The molecule has 2 saturated heterocycles. The van der Waals surface area contributed by atoms with E-state index in [0.29, 0.717) is 56.5 Å². The Labute approximate surface area is 198 Å². The van der Waals surface area contributed by atoms with Crippen LogP contribution >= 0.6 is 0 Å². The minimum Gasteiger partial charge on any atom is -0.454 e. The molecule has 0 bridgehead atoms. The zero-order valence-electron chi connectivity index (χ0n) is 19.0. The number of nitrogens with zero attached hydrogens (tertiary/aromatic N) is 2. The normalized spacial score (nSPS) is 21.4. The quantitative estimate of drug-likeness (QED) is 0.703. The van der Waals surface area contributed by atoms with Crippen LogP contribution in [0.1, 0.15) is 23.2 Å². The number of rotatable bonds is 6. The monoisotopic (exact) mass is 467 g/mol. The molecule has 3 amide bonds.